The van der Waals surface area contributed by atoms with Crippen molar-refractivity contribution in [2.75, 3.05) is 0 Å². The lowest BCUT2D eigenvalue weighted by Crippen LogP contribution is -2.56. The van der Waals surface area contributed by atoms with Gasteiger partial charge in [0.1, 0.15) is 0 Å². The molecule has 3 saturated carbocycles. The molecule has 4 rings (SSSR count). The van der Waals surface area contributed by atoms with Gasteiger partial charge < -0.3 is 5.11 Å². The summed E-state index contributed by atoms with van der Waals surface area (Å²) in [5, 5.41) is 9.65. The van der Waals surface area contributed by atoms with Gasteiger partial charge in [-0.1, -0.05) is 33.8 Å². The third-order valence-corrected chi connectivity index (χ3v) is 8.83. The van der Waals surface area contributed by atoms with E-state index in [9.17, 15) is 9.90 Å². The number of aliphatic carboxylic acids is 1. The minimum absolute atomic E-state index is 0.193. The fourth-order valence-electron chi connectivity index (χ4n) is 7.99. The minimum Gasteiger partial charge on any atom is -0.478 e. The Labute approximate surface area is 140 Å². The summed E-state index contributed by atoms with van der Waals surface area (Å²) in [6.07, 6.45) is 11.3. The Morgan fingerprint density at radius 3 is 2.57 bits per heavy atom. The van der Waals surface area contributed by atoms with Gasteiger partial charge in [0.05, 0.1) is 0 Å². The van der Waals surface area contributed by atoms with Crippen molar-refractivity contribution in [2.24, 2.45) is 39.9 Å². The van der Waals surface area contributed by atoms with Crippen molar-refractivity contribution in [2.45, 2.75) is 72.6 Å². The fourth-order valence-corrected chi connectivity index (χ4v) is 7.99. The molecule has 128 valence electrons. The lowest BCUT2D eigenvalue weighted by molar-refractivity contribution is -0.141. The van der Waals surface area contributed by atoms with Crippen LogP contribution in [0.3, 0.4) is 0 Å². The molecule has 0 aliphatic heterocycles. The second-order valence-corrected chi connectivity index (χ2v) is 10.1. The fraction of sp³-hybridized carbons (Fsp3) is 0.857. The Bertz CT molecular complexity index is 570. The highest BCUT2D eigenvalue weighted by Crippen LogP contribution is 2.72. The number of hydrogen-bond acceptors (Lipinski definition) is 1. The van der Waals surface area contributed by atoms with E-state index >= 15 is 0 Å². The Hall–Kier alpha value is -0.790. The van der Waals surface area contributed by atoms with Crippen LogP contribution in [0.1, 0.15) is 72.6 Å². The van der Waals surface area contributed by atoms with E-state index in [1.54, 1.807) is 0 Å². The van der Waals surface area contributed by atoms with E-state index in [1.165, 1.54) is 38.5 Å². The summed E-state index contributed by atoms with van der Waals surface area (Å²) >= 11 is 0. The molecule has 23 heavy (non-hydrogen) atoms. The van der Waals surface area contributed by atoms with Crippen LogP contribution >= 0.6 is 0 Å². The molecule has 0 amide bonds. The standard InChI is InChI=1S/C21H32O2/c1-13-11-21-10-8-16-19(2,3)15(18(22)23)7-9-20(16,4)17(21)6-5-14(13)12-21/h7,13-14,16-17H,5-6,8-12H2,1-4H3,(H,22,23)/t13-,14-,16+,17-,20+,21+/m1/s1. The summed E-state index contributed by atoms with van der Waals surface area (Å²) in [5.74, 6) is 2.50. The van der Waals surface area contributed by atoms with Gasteiger partial charge in [-0.15, -0.1) is 0 Å². The van der Waals surface area contributed by atoms with Gasteiger partial charge in [0.15, 0.2) is 0 Å². The molecule has 2 heteroatoms. The van der Waals surface area contributed by atoms with Gasteiger partial charge in [-0.2, -0.15) is 0 Å². The third kappa shape index (κ3) is 1.90. The van der Waals surface area contributed by atoms with Crippen LogP contribution < -0.4 is 0 Å². The molecule has 4 aliphatic carbocycles. The van der Waals surface area contributed by atoms with Crippen molar-refractivity contribution < 1.29 is 9.90 Å². The largest absolute Gasteiger partial charge is 0.478 e. The second kappa shape index (κ2) is 4.64. The number of hydrogen-bond donors (Lipinski definition) is 1. The van der Waals surface area contributed by atoms with E-state index in [1.807, 2.05) is 0 Å². The van der Waals surface area contributed by atoms with Crippen LogP contribution in [0.25, 0.3) is 0 Å². The molecule has 0 saturated heterocycles. The normalized spacial score (nSPS) is 50.7. The predicted molar refractivity (Wildman–Crippen MR) is 92.0 cm³/mol. The molecular weight excluding hydrogens is 284 g/mol. The lowest BCUT2D eigenvalue weighted by Gasteiger charge is -2.63. The molecule has 0 unspecified atom stereocenters. The molecular formula is C21H32O2. The molecule has 4 aliphatic rings. The zero-order valence-electron chi connectivity index (χ0n) is 15.2. The lowest BCUT2D eigenvalue weighted by atomic mass is 9.41. The van der Waals surface area contributed by atoms with E-state index in [0.29, 0.717) is 22.3 Å². The molecule has 3 fully saturated rings. The highest BCUT2D eigenvalue weighted by molar-refractivity contribution is 5.88. The zero-order chi connectivity index (χ0) is 16.6. The van der Waals surface area contributed by atoms with Crippen LogP contribution in [-0.2, 0) is 4.79 Å². The highest BCUT2D eigenvalue weighted by Gasteiger charge is 2.64. The summed E-state index contributed by atoms with van der Waals surface area (Å²) in [4.78, 5) is 11.7. The summed E-state index contributed by atoms with van der Waals surface area (Å²) < 4.78 is 0. The maximum atomic E-state index is 11.7. The van der Waals surface area contributed by atoms with Gasteiger partial charge in [-0.25, -0.2) is 4.79 Å². The summed E-state index contributed by atoms with van der Waals surface area (Å²) in [6, 6.07) is 0. The molecule has 2 nitrogen and oxygen atoms in total. The van der Waals surface area contributed by atoms with Crippen molar-refractivity contribution in [1.29, 1.82) is 0 Å². The quantitative estimate of drug-likeness (QED) is 0.714. The number of allylic oxidation sites excluding steroid dienone is 1. The van der Waals surface area contributed by atoms with Crippen LogP contribution in [0.2, 0.25) is 0 Å². The average Bonchev–Trinajstić information content (AvgIpc) is 2.67. The first kappa shape index (κ1) is 15.7. The number of fused-ring (bicyclic) bond motifs is 3. The van der Waals surface area contributed by atoms with Crippen molar-refractivity contribution in [1.82, 2.24) is 0 Å². The minimum atomic E-state index is -0.699. The second-order valence-electron chi connectivity index (χ2n) is 10.1. The molecule has 1 N–H and O–H groups in total. The molecule has 1 spiro atoms. The first-order chi connectivity index (χ1) is 10.7. The van der Waals surface area contributed by atoms with Gasteiger partial charge in [-0.3, -0.25) is 0 Å². The maximum Gasteiger partial charge on any atom is 0.331 e. The Kier molecular flexibility index (Phi) is 3.17. The molecule has 0 aromatic rings. The van der Waals surface area contributed by atoms with Crippen molar-refractivity contribution in [3.05, 3.63) is 11.6 Å². The first-order valence-corrected chi connectivity index (χ1v) is 9.65. The first-order valence-electron chi connectivity index (χ1n) is 9.65. The Balaban J connectivity index is 1.76. The number of rotatable bonds is 1. The van der Waals surface area contributed by atoms with Crippen LogP contribution in [0.15, 0.2) is 11.6 Å². The monoisotopic (exact) mass is 316 g/mol. The van der Waals surface area contributed by atoms with Gasteiger partial charge in [0.25, 0.3) is 0 Å². The van der Waals surface area contributed by atoms with Gasteiger partial charge in [-0.05, 0) is 84.9 Å². The van der Waals surface area contributed by atoms with E-state index in [4.69, 9.17) is 0 Å². The smallest absolute Gasteiger partial charge is 0.331 e. The summed E-state index contributed by atoms with van der Waals surface area (Å²) in [6.45, 7) is 9.36. The number of carboxylic acids is 1. The van der Waals surface area contributed by atoms with E-state index in [-0.39, 0.29) is 5.41 Å². The summed E-state index contributed by atoms with van der Waals surface area (Å²) in [7, 11) is 0. The Morgan fingerprint density at radius 1 is 1.13 bits per heavy atom. The predicted octanol–water partition coefficient (Wildman–Crippen LogP) is 5.29. The van der Waals surface area contributed by atoms with Crippen LogP contribution in [0, 0.1) is 39.9 Å². The summed E-state index contributed by atoms with van der Waals surface area (Å²) in [5.41, 5.74) is 1.36. The van der Waals surface area contributed by atoms with Crippen molar-refractivity contribution in [3.63, 3.8) is 0 Å². The topological polar surface area (TPSA) is 37.3 Å². The van der Waals surface area contributed by atoms with Crippen molar-refractivity contribution >= 4 is 5.97 Å². The van der Waals surface area contributed by atoms with Gasteiger partial charge in [0, 0.05) is 5.57 Å². The molecule has 2 bridgehead atoms. The Morgan fingerprint density at radius 2 is 1.87 bits per heavy atom. The maximum absolute atomic E-state index is 11.7. The third-order valence-electron chi connectivity index (χ3n) is 8.83. The van der Waals surface area contributed by atoms with E-state index in [2.05, 4.69) is 33.8 Å². The molecule has 6 atom stereocenters. The van der Waals surface area contributed by atoms with Gasteiger partial charge >= 0.3 is 5.97 Å². The average molecular weight is 316 g/mol. The van der Waals surface area contributed by atoms with E-state index < -0.39 is 5.97 Å². The number of carbonyl (C=O) groups is 1. The SMILES string of the molecule is C[C@@H]1C[C@]23CC[C@H]4C(C)(C)C(C(=O)O)=CC[C@]4(C)[C@H]2CC[C@@H]1C3. The zero-order valence-corrected chi connectivity index (χ0v) is 15.2. The molecule has 0 radical (unpaired) electrons. The van der Waals surface area contributed by atoms with Crippen LogP contribution in [0.4, 0.5) is 0 Å². The molecule has 0 aromatic heterocycles. The number of carboxylic acid groups (broad SMARTS) is 1. The van der Waals surface area contributed by atoms with E-state index in [0.717, 1.165) is 24.2 Å². The molecule has 0 aromatic carbocycles. The van der Waals surface area contributed by atoms with Gasteiger partial charge in [0.2, 0.25) is 0 Å². The van der Waals surface area contributed by atoms with Crippen LogP contribution in [-0.4, -0.2) is 11.1 Å². The van der Waals surface area contributed by atoms with Crippen LogP contribution in [0.5, 0.6) is 0 Å². The van der Waals surface area contributed by atoms with Crippen molar-refractivity contribution in [3.8, 4) is 0 Å². The highest BCUT2D eigenvalue weighted by atomic mass is 16.4. The molecule has 0 heterocycles.